The van der Waals surface area contributed by atoms with Gasteiger partial charge >= 0.3 is 0 Å². The number of para-hydroxylation sites is 3. The van der Waals surface area contributed by atoms with Crippen molar-refractivity contribution >= 4 is 63.5 Å². The topological polar surface area (TPSA) is 6.48 Å². The van der Waals surface area contributed by atoms with Crippen LogP contribution < -0.4 is 9.80 Å². The van der Waals surface area contributed by atoms with Crippen LogP contribution in [0.15, 0.2) is 169 Å². The minimum atomic E-state index is -0.0235. The summed E-state index contributed by atoms with van der Waals surface area (Å²) in [5.74, 6) is 0. The number of hydrogen-bond donors (Lipinski definition) is 0. The van der Waals surface area contributed by atoms with Crippen molar-refractivity contribution in [1.29, 1.82) is 0 Å². The van der Waals surface area contributed by atoms with Gasteiger partial charge in [-0.05, 0) is 153 Å². The van der Waals surface area contributed by atoms with Gasteiger partial charge in [0.15, 0.2) is 0 Å². The van der Waals surface area contributed by atoms with Crippen LogP contribution in [0.2, 0.25) is 0 Å². The summed E-state index contributed by atoms with van der Waals surface area (Å²) < 4.78 is 0. The minimum Gasteiger partial charge on any atom is -0.341 e. The van der Waals surface area contributed by atoms with Crippen LogP contribution in [0.1, 0.15) is 71.0 Å². The molecule has 0 amide bonds. The molecule has 0 aromatic heterocycles. The molecule has 2 heterocycles. The van der Waals surface area contributed by atoms with Crippen LogP contribution in [0, 0.1) is 0 Å². The summed E-state index contributed by atoms with van der Waals surface area (Å²) in [5, 5.41) is 2.48. The van der Waals surface area contributed by atoms with Gasteiger partial charge < -0.3 is 9.80 Å². The van der Waals surface area contributed by atoms with E-state index in [2.05, 4.69) is 192 Å². The van der Waals surface area contributed by atoms with E-state index >= 15 is 0 Å². The Hall–Kier alpha value is -6.64. The van der Waals surface area contributed by atoms with Gasteiger partial charge in [-0.2, -0.15) is 0 Å². The van der Waals surface area contributed by atoms with Crippen LogP contribution in [0.3, 0.4) is 0 Å². The average Bonchev–Trinajstić information content (AvgIpc) is 3.73. The highest BCUT2D eigenvalue weighted by Gasteiger charge is 2.48. The first-order valence-electron chi connectivity index (χ1n) is 21.1. The lowest BCUT2D eigenvalue weighted by Gasteiger charge is -2.33. The summed E-state index contributed by atoms with van der Waals surface area (Å²) in [6.45, 7) is 1.07. The van der Waals surface area contributed by atoms with Gasteiger partial charge in [0.1, 0.15) is 0 Å². The van der Waals surface area contributed by atoms with Crippen molar-refractivity contribution in [3.05, 3.63) is 208 Å². The van der Waals surface area contributed by atoms with Gasteiger partial charge in [-0.1, -0.05) is 139 Å². The number of rotatable bonds is 4. The van der Waals surface area contributed by atoms with E-state index in [-0.39, 0.29) is 5.41 Å². The first-order chi connectivity index (χ1) is 28.7. The molecule has 2 aliphatic heterocycles. The van der Waals surface area contributed by atoms with Gasteiger partial charge in [0, 0.05) is 29.0 Å². The largest absolute Gasteiger partial charge is 0.341 e. The third-order valence-electron chi connectivity index (χ3n) is 13.6. The summed E-state index contributed by atoms with van der Waals surface area (Å²) in [7, 11) is 0. The quantitative estimate of drug-likeness (QED) is 0.166. The molecule has 278 valence electrons. The van der Waals surface area contributed by atoms with Crippen molar-refractivity contribution in [3.8, 4) is 11.1 Å². The normalized spacial score (nSPS) is 18.6. The molecule has 5 aliphatic rings. The number of anilines is 5. The second-order valence-electron chi connectivity index (χ2n) is 16.8. The van der Waals surface area contributed by atoms with Gasteiger partial charge in [-0.25, -0.2) is 0 Å². The Morgan fingerprint density at radius 1 is 0.517 bits per heavy atom. The molecule has 0 fully saturated rings. The minimum absolute atomic E-state index is 0.0235. The van der Waals surface area contributed by atoms with Crippen LogP contribution in [0.25, 0.3) is 46.2 Å². The Bertz CT molecular complexity index is 2910. The summed E-state index contributed by atoms with van der Waals surface area (Å²) in [6, 6.07) is 54.7. The molecular weight excluding hydrogens is 701 g/mol. The van der Waals surface area contributed by atoms with E-state index in [1.54, 1.807) is 11.1 Å². The highest BCUT2D eigenvalue weighted by Crippen LogP contribution is 2.60. The fourth-order valence-corrected chi connectivity index (χ4v) is 10.8. The molecule has 0 saturated carbocycles. The van der Waals surface area contributed by atoms with E-state index in [1.165, 1.54) is 102 Å². The lowest BCUT2D eigenvalue weighted by Crippen LogP contribution is -2.26. The zero-order valence-corrected chi connectivity index (χ0v) is 32.7. The van der Waals surface area contributed by atoms with Crippen LogP contribution >= 0.6 is 0 Å². The van der Waals surface area contributed by atoms with Crippen molar-refractivity contribution in [2.75, 3.05) is 16.3 Å². The number of nitrogens with zero attached hydrogens (tertiary/aromatic N) is 2. The van der Waals surface area contributed by atoms with Crippen molar-refractivity contribution in [1.82, 2.24) is 0 Å². The van der Waals surface area contributed by atoms with Gasteiger partial charge in [-0.15, -0.1) is 0 Å². The monoisotopic (exact) mass is 744 g/mol. The molecule has 12 rings (SSSR count). The van der Waals surface area contributed by atoms with Crippen molar-refractivity contribution in [2.45, 2.75) is 43.9 Å². The molecule has 0 radical (unpaired) electrons. The molecule has 1 spiro atoms. The maximum atomic E-state index is 2.57. The Morgan fingerprint density at radius 3 is 1.98 bits per heavy atom. The van der Waals surface area contributed by atoms with E-state index in [0.717, 1.165) is 32.2 Å². The highest BCUT2D eigenvalue weighted by atomic mass is 15.2. The molecule has 0 N–H and O–H groups in total. The Kier molecular flexibility index (Phi) is 7.63. The summed E-state index contributed by atoms with van der Waals surface area (Å²) in [5.41, 5.74) is 21.7. The summed E-state index contributed by atoms with van der Waals surface area (Å²) >= 11 is 0. The zero-order chi connectivity index (χ0) is 38.2. The van der Waals surface area contributed by atoms with E-state index in [0.29, 0.717) is 0 Å². The number of aryl methyl sites for hydroxylation is 1. The molecule has 58 heavy (non-hydrogen) atoms. The second kappa shape index (κ2) is 13.2. The van der Waals surface area contributed by atoms with Crippen LogP contribution in [-0.4, -0.2) is 6.54 Å². The molecule has 0 saturated heterocycles. The fourth-order valence-electron chi connectivity index (χ4n) is 10.8. The maximum Gasteiger partial charge on any atom is 0.0534 e. The van der Waals surface area contributed by atoms with Crippen molar-refractivity contribution < 1.29 is 0 Å². The molecule has 3 aliphatic carbocycles. The molecule has 7 aromatic carbocycles. The maximum absolute atomic E-state index is 2.57. The number of fused-ring (bicyclic) bond motifs is 9. The van der Waals surface area contributed by atoms with Crippen molar-refractivity contribution in [2.24, 2.45) is 0 Å². The van der Waals surface area contributed by atoms with Gasteiger partial charge in [-0.3, -0.25) is 0 Å². The Morgan fingerprint density at radius 2 is 1.17 bits per heavy atom. The molecular formula is C56H44N2. The first-order valence-corrected chi connectivity index (χ1v) is 21.1. The second-order valence-corrected chi connectivity index (χ2v) is 16.8. The highest BCUT2D eigenvalue weighted by molar-refractivity contribution is 5.96. The molecule has 2 nitrogen and oxygen atoms in total. The standard InChI is InChI=1S/C56H44N2/c1-2-14-46-37-56(36-45(46)13-1)51-33-39(22-29-49(51)50-30-28-47(35-52(50)56)57-31-9-15-40-10-3-6-16-53(40)57)20-19-38-21-23-44-34-48(27-26-43(44)32-38)58-54-17-7-4-11-41(54)24-25-42-12-5-8-18-55(42)58/h1,3-8,10-13,16-30,32-35H,2,9,14-15,31,36-37H2. The number of hydrogen-bond acceptors (Lipinski definition) is 2. The summed E-state index contributed by atoms with van der Waals surface area (Å²) in [6.07, 6.45) is 20.8. The van der Waals surface area contributed by atoms with Crippen LogP contribution in [-0.2, 0) is 11.8 Å². The van der Waals surface area contributed by atoms with E-state index in [1.807, 2.05) is 0 Å². The van der Waals surface area contributed by atoms with Gasteiger partial charge in [0.05, 0.1) is 11.4 Å². The molecule has 1 atom stereocenters. The Labute approximate surface area is 341 Å². The zero-order valence-electron chi connectivity index (χ0n) is 32.7. The third kappa shape index (κ3) is 5.32. The van der Waals surface area contributed by atoms with E-state index in [9.17, 15) is 0 Å². The number of allylic oxidation sites excluding steroid dienone is 4. The fraction of sp³-hybridized carbons (Fsp3) is 0.143. The van der Waals surface area contributed by atoms with Gasteiger partial charge in [0.25, 0.3) is 0 Å². The smallest absolute Gasteiger partial charge is 0.0534 e. The predicted molar refractivity (Wildman–Crippen MR) is 246 cm³/mol. The van der Waals surface area contributed by atoms with Crippen molar-refractivity contribution in [3.63, 3.8) is 0 Å². The molecule has 1 unspecified atom stereocenters. The predicted octanol–water partition coefficient (Wildman–Crippen LogP) is 14.8. The van der Waals surface area contributed by atoms with Crippen LogP contribution in [0.5, 0.6) is 0 Å². The SMILES string of the molecule is C1=CC2=C(CC1)CC1(C2)c2cc(C=Cc3ccc4cc(N5c6ccccc6C=Cc6ccccc65)ccc4c3)ccc2-c2ccc(N3CCCc4ccccc43)cc21. The first kappa shape index (κ1) is 33.5. The average molecular weight is 745 g/mol. The lowest BCUT2D eigenvalue weighted by atomic mass is 9.74. The molecule has 0 bridgehead atoms. The van der Waals surface area contributed by atoms with Gasteiger partial charge in [0.2, 0.25) is 0 Å². The van der Waals surface area contributed by atoms with E-state index < -0.39 is 0 Å². The van der Waals surface area contributed by atoms with Crippen LogP contribution in [0.4, 0.5) is 28.4 Å². The third-order valence-corrected chi connectivity index (χ3v) is 13.6. The Balaban J connectivity index is 0.880. The lowest BCUT2D eigenvalue weighted by molar-refractivity contribution is 0.556. The molecule has 2 heteroatoms. The van der Waals surface area contributed by atoms with E-state index in [4.69, 9.17) is 0 Å². The number of benzene rings is 7. The molecule has 7 aromatic rings. The summed E-state index contributed by atoms with van der Waals surface area (Å²) in [4.78, 5) is 4.97.